The Bertz CT molecular complexity index is 510. The number of nitrogens with zero attached hydrogens (tertiary/aromatic N) is 1. The van der Waals surface area contributed by atoms with E-state index in [0.29, 0.717) is 6.61 Å². The van der Waals surface area contributed by atoms with Crippen molar-refractivity contribution < 1.29 is 9.53 Å². The van der Waals surface area contributed by atoms with Crippen molar-refractivity contribution in [2.75, 3.05) is 26.2 Å². The average Bonchev–Trinajstić information content (AvgIpc) is 2.58. The lowest BCUT2D eigenvalue weighted by atomic mass is 10.0. The van der Waals surface area contributed by atoms with Gasteiger partial charge in [-0.1, -0.05) is 30.3 Å². The van der Waals surface area contributed by atoms with E-state index in [2.05, 4.69) is 45.9 Å². The molecule has 2 saturated heterocycles. The predicted molar refractivity (Wildman–Crippen MR) is 105 cm³/mol. The summed E-state index contributed by atoms with van der Waals surface area (Å²) in [6, 6.07) is 10.6. The largest absolute Gasteiger partial charge is 0.375 e. The number of nitrogens with one attached hydrogen (secondary N) is 2. The maximum absolute atomic E-state index is 12.4. The molecule has 1 amide bonds. The molecular weight excluding hydrogens is 361 g/mol. The monoisotopic (exact) mass is 389 g/mol. The number of halogens is 2. The summed E-state index contributed by atoms with van der Waals surface area (Å²) in [7, 11) is 0. The van der Waals surface area contributed by atoms with Crippen LogP contribution in [0.3, 0.4) is 0 Å². The van der Waals surface area contributed by atoms with Crippen LogP contribution in [0.5, 0.6) is 0 Å². The maximum atomic E-state index is 12.4. The first kappa shape index (κ1) is 22.2. The molecule has 1 aromatic rings. The zero-order chi connectivity index (χ0) is 16.1. The van der Waals surface area contributed by atoms with Crippen molar-refractivity contribution in [2.24, 2.45) is 0 Å². The number of ether oxygens (including phenoxy) is 1. The molecular formula is C18H29Cl2N3O2. The summed E-state index contributed by atoms with van der Waals surface area (Å²) in [6.07, 6.45) is 1.98. The van der Waals surface area contributed by atoms with E-state index in [1.165, 1.54) is 5.56 Å². The van der Waals surface area contributed by atoms with E-state index in [1.807, 2.05) is 6.92 Å². The van der Waals surface area contributed by atoms with Crippen molar-refractivity contribution >= 4 is 30.7 Å². The van der Waals surface area contributed by atoms with Crippen molar-refractivity contribution in [2.45, 2.75) is 44.5 Å². The summed E-state index contributed by atoms with van der Waals surface area (Å²) in [5.74, 6) is 0.0821. The highest BCUT2D eigenvalue weighted by atomic mass is 35.5. The summed E-state index contributed by atoms with van der Waals surface area (Å²) in [5.41, 5.74) is 1.35. The van der Waals surface area contributed by atoms with E-state index in [4.69, 9.17) is 4.74 Å². The number of rotatable bonds is 4. The Labute approximate surface area is 162 Å². The van der Waals surface area contributed by atoms with E-state index in [9.17, 15) is 4.79 Å². The van der Waals surface area contributed by atoms with Crippen LogP contribution >= 0.6 is 24.8 Å². The van der Waals surface area contributed by atoms with Gasteiger partial charge in [-0.05, 0) is 25.3 Å². The molecule has 25 heavy (non-hydrogen) atoms. The molecule has 0 unspecified atom stereocenters. The third-order valence-electron chi connectivity index (χ3n) is 4.78. The molecule has 2 aliphatic heterocycles. The van der Waals surface area contributed by atoms with Crippen molar-refractivity contribution in [1.29, 1.82) is 0 Å². The van der Waals surface area contributed by atoms with Gasteiger partial charge >= 0.3 is 0 Å². The molecule has 2 aliphatic rings. The Balaban J connectivity index is 0.00000156. The highest BCUT2D eigenvalue weighted by molar-refractivity contribution is 5.85. The zero-order valence-corrected chi connectivity index (χ0v) is 16.3. The maximum Gasteiger partial charge on any atom is 0.240 e. The lowest BCUT2D eigenvalue weighted by Crippen LogP contribution is -2.58. The van der Waals surface area contributed by atoms with Crippen molar-refractivity contribution in [3.05, 3.63) is 35.9 Å². The third-order valence-corrected chi connectivity index (χ3v) is 4.78. The van der Waals surface area contributed by atoms with Gasteiger partial charge < -0.3 is 15.4 Å². The second kappa shape index (κ2) is 11.0. The standard InChI is InChI=1S/C18H27N3O2.2ClH/c1-14-17(19-9-12-23-14)18(22)20-16-7-10-21(11-8-16)13-15-5-3-2-4-6-15;;/h2-6,14,16-17,19H,7-13H2,1H3,(H,20,22);2*1H/t14-,17+;;/m1../s1. The van der Waals surface area contributed by atoms with E-state index in [0.717, 1.165) is 39.0 Å². The molecule has 0 aromatic heterocycles. The molecule has 0 aliphatic carbocycles. The minimum Gasteiger partial charge on any atom is -0.375 e. The van der Waals surface area contributed by atoms with Crippen molar-refractivity contribution in [3.63, 3.8) is 0 Å². The van der Waals surface area contributed by atoms with E-state index in [-0.39, 0.29) is 48.9 Å². The molecule has 0 spiro atoms. The Morgan fingerprint density at radius 3 is 2.56 bits per heavy atom. The number of hydrogen-bond donors (Lipinski definition) is 2. The molecule has 1 aromatic carbocycles. The van der Waals surface area contributed by atoms with Gasteiger partial charge in [-0.2, -0.15) is 0 Å². The predicted octanol–water partition coefficient (Wildman–Crippen LogP) is 1.99. The van der Waals surface area contributed by atoms with Gasteiger partial charge in [-0.3, -0.25) is 9.69 Å². The van der Waals surface area contributed by atoms with E-state index in [1.54, 1.807) is 0 Å². The summed E-state index contributed by atoms with van der Waals surface area (Å²) in [5, 5.41) is 6.45. The topological polar surface area (TPSA) is 53.6 Å². The third kappa shape index (κ3) is 6.42. The molecule has 5 nitrogen and oxygen atoms in total. The average molecular weight is 390 g/mol. The van der Waals surface area contributed by atoms with Crippen LogP contribution in [-0.4, -0.2) is 55.2 Å². The minimum absolute atomic E-state index is 0. The van der Waals surface area contributed by atoms with Gasteiger partial charge in [0.25, 0.3) is 0 Å². The van der Waals surface area contributed by atoms with Crippen LogP contribution in [-0.2, 0) is 16.1 Å². The number of likely N-dealkylation sites (tertiary alicyclic amines) is 1. The van der Waals surface area contributed by atoms with Gasteiger partial charge in [0.05, 0.1) is 12.7 Å². The van der Waals surface area contributed by atoms with Crippen LogP contribution in [0.25, 0.3) is 0 Å². The van der Waals surface area contributed by atoms with Crippen molar-refractivity contribution in [3.8, 4) is 0 Å². The molecule has 7 heteroatoms. The summed E-state index contributed by atoms with van der Waals surface area (Å²) in [4.78, 5) is 14.8. The van der Waals surface area contributed by atoms with Crippen LogP contribution in [0.1, 0.15) is 25.3 Å². The number of morpholine rings is 1. The number of amides is 1. The second-order valence-electron chi connectivity index (χ2n) is 6.55. The Kier molecular flexibility index (Phi) is 9.75. The fraction of sp³-hybridized carbons (Fsp3) is 0.611. The smallest absolute Gasteiger partial charge is 0.240 e. The molecule has 2 fully saturated rings. The van der Waals surface area contributed by atoms with Gasteiger partial charge in [0.15, 0.2) is 0 Å². The fourth-order valence-corrected chi connectivity index (χ4v) is 3.40. The number of hydrogen-bond acceptors (Lipinski definition) is 4. The molecule has 0 bridgehead atoms. The van der Waals surface area contributed by atoms with E-state index < -0.39 is 0 Å². The van der Waals surface area contributed by atoms with E-state index >= 15 is 0 Å². The number of benzene rings is 1. The number of carbonyl (C=O) groups excluding carboxylic acids is 1. The highest BCUT2D eigenvalue weighted by Gasteiger charge is 2.30. The van der Waals surface area contributed by atoms with Gasteiger partial charge in [0.1, 0.15) is 6.04 Å². The zero-order valence-electron chi connectivity index (χ0n) is 14.6. The molecule has 0 saturated carbocycles. The first-order valence-electron chi connectivity index (χ1n) is 8.64. The van der Waals surface area contributed by atoms with Gasteiger partial charge in [-0.15, -0.1) is 24.8 Å². The lowest BCUT2D eigenvalue weighted by molar-refractivity contribution is -0.130. The lowest BCUT2D eigenvalue weighted by Gasteiger charge is -2.35. The first-order valence-corrected chi connectivity index (χ1v) is 8.64. The van der Waals surface area contributed by atoms with Gasteiger partial charge in [-0.25, -0.2) is 0 Å². The number of piperidine rings is 1. The Hall–Kier alpha value is -0.850. The summed E-state index contributed by atoms with van der Waals surface area (Å²) >= 11 is 0. The van der Waals surface area contributed by atoms with Crippen LogP contribution in [0.2, 0.25) is 0 Å². The highest BCUT2D eigenvalue weighted by Crippen LogP contribution is 2.14. The first-order chi connectivity index (χ1) is 11.2. The second-order valence-corrected chi connectivity index (χ2v) is 6.55. The molecule has 0 radical (unpaired) electrons. The minimum atomic E-state index is -0.217. The quantitative estimate of drug-likeness (QED) is 0.826. The van der Waals surface area contributed by atoms with Gasteiger partial charge in [0.2, 0.25) is 5.91 Å². The normalized spacial score (nSPS) is 24.7. The van der Waals surface area contributed by atoms with Crippen molar-refractivity contribution in [1.82, 2.24) is 15.5 Å². The van der Waals surface area contributed by atoms with Crippen LogP contribution in [0.15, 0.2) is 30.3 Å². The van der Waals surface area contributed by atoms with Gasteiger partial charge in [0, 0.05) is 32.2 Å². The number of carbonyl (C=O) groups is 1. The molecule has 2 atom stereocenters. The SMILES string of the molecule is C[C@H]1OCCN[C@@H]1C(=O)NC1CCN(Cc2ccccc2)CC1.Cl.Cl. The Morgan fingerprint density at radius 2 is 1.92 bits per heavy atom. The van der Waals surface area contributed by atoms with Crippen LogP contribution in [0.4, 0.5) is 0 Å². The Morgan fingerprint density at radius 1 is 1.24 bits per heavy atom. The summed E-state index contributed by atoms with van der Waals surface area (Å²) < 4.78 is 5.55. The molecule has 142 valence electrons. The molecule has 2 heterocycles. The fourth-order valence-electron chi connectivity index (χ4n) is 3.40. The summed E-state index contributed by atoms with van der Waals surface area (Å²) in [6.45, 7) is 6.45. The van der Waals surface area contributed by atoms with Crippen LogP contribution in [0, 0.1) is 0 Å². The van der Waals surface area contributed by atoms with Crippen LogP contribution < -0.4 is 10.6 Å². The molecule has 2 N–H and O–H groups in total. The molecule has 3 rings (SSSR count).